The van der Waals surface area contributed by atoms with Crippen LogP contribution in [0.5, 0.6) is 0 Å². The fraction of sp³-hybridized carbons (Fsp3) is 0.632. The summed E-state index contributed by atoms with van der Waals surface area (Å²) in [5.41, 5.74) is -0.162. The van der Waals surface area contributed by atoms with E-state index in [1.807, 2.05) is 0 Å². The van der Waals surface area contributed by atoms with Gasteiger partial charge in [-0.15, -0.1) is 5.10 Å². The van der Waals surface area contributed by atoms with Crippen LogP contribution in [0.3, 0.4) is 0 Å². The van der Waals surface area contributed by atoms with Gasteiger partial charge < -0.3 is 28.4 Å². The highest BCUT2D eigenvalue weighted by atomic mass is 16.7. The van der Waals surface area contributed by atoms with E-state index in [0.29, 0.717) is 0 Å². The summed E-state index contributed by atoms with van der Waals surface area (Å²) in [5.74, 6) is -3.69. The van der Waals surface area contributed by atoms with Crippen LogP contribution in [-0.4, -0.2) is 82.5 Å². The van der Waals surface area contributed by atoms with Crippen molar-refractivity contribution in [1.82, 2.24) is 15.0 Å². The van der Waals surface area contributed by atoms with Gasteiger partial charge in [-0.25, -0.2) is 9.48 Å². The number of rotatable bonds is 8. The number of hydrogen-bond donors (Lipinski definition) is 0. The Morgan fingerprint density at radius 1 is 0.879 bits per heavy atom. The van der Waals surface area contributed by atoms with Gasteiger partial charge in [-0.2, -0.15) is 0 Å². The monoisotopic (exact) mass is 471 g/mol. The first-order valence-electron chi connectivity index (χ1n) is 9.92. The van der Waals surface area contributed by atoms with E-state index < -0.39 is 67.1 Å². The zero-order valence-corrected chi connectivity index (χ0v) is 18.7. The third-order valence-electron chi connectivity index (χ3n) is 4.22. The van der Waals surface area contributed by atoms with Crippen LogP contribution in [0, 0.1) is 0 Å². The summed E-state index contributed by atoms with van der Waals surface area (Å²) in [6.45, 7) is 5.81. The van der Waals surface area contributed by atoms with Crippen molar-refractivity contribution in [1.29, 1.82) is 0 Å². The third kappa shape index (κ3) is 6.97. The van der Waals surface area contributed by atoms with E-state index in [4.69, 9.17) is 28.4 Å². The highest BCUT2D eigenvalue weighted by molar-refractivity contribution is 5.86. The Morgan fingerprint density at radius 3 is 2.00 bits per heavy atom. The van der Waals surface area contributed by atoms with E-state index in [9.17, 15) is 24.0 Å². The van der Waals surface area contributed by atoms with Gasteiger partial charge in [0.2, 0.25) is 0 Å². The molecule has 0 spiro atoms. The molecule has 0 N–H and O–H groups in total. The predicted octanol–water partition coefficient (Wildman–Crippen LogP) is -0.290. The van der Waals surface area contributed by atoms with Crippen LogP contribution >= 0.6 is 0 Å². The molecule has 33 heavy (non-hydrogen) atoms. The van der Waals surface area contributed by atoms with Gasteiger partial charge in [0.25, 0.3) is 0 Å². The molecule has 14 heteroatoms. The molecular weight excluding hydrogens is 446 g/mol. The molecule has 0 unspecified atom stereocenters. The lowest BCUT2D eigenvalue weighted by Gasteiger charge is -2.44. The minimum atomic E-state index is -1.37. The summed E-state index contributed by atoms with van der Waals surface area (Å²) in [7, 11) is 0. The van der Waals surface area contributed by atoms with Crippen LogP contribution in [0.4, 0.5) is 0 Å². The van der Waals surface area contributed by atoms with Crippen molar-refractivity contribution in [2.24, 2.45) is 0 Å². The lowest BCUT2D eigenvalue weighted by molar-refractivity contribution is -0.270. The molecule has 14 nitrogen and oxygen atoms in total. The Kier molecular flexibility index (Phi) is 8.85. The molecule has 2 rings (SSSR count). The molecule has 0 aliphatic carbocycles. The van der Waals surface area contributed by atoms with Gasteiger partial charge in [-0.05, 0) is 6.92 Å². The van der Waals surface area contributed by atoms with E-state index in [1.165, 1.54) is 6.20 Å². The second kappa shape index (κ2) is 11.4. The predicted molar refractivity (Wildman–Crippen MR) is 103 cm³/mol. The highest BCUT2D eigenvalue weighted by Crippen LogP contribution is 2.34. The van der Waals surface area contributed by atoms with Crippen molar-refractivity contribution in [2.75, 3.05) is 13.2 Å². The Balaban J connectivity index is 2.51. The van der Waals surface area contributed by atoms with Crippen LogP contribution < -0.4 is 0 Å². The van der Waals surface area contributed by atoms with Gasteiger partial charge in [-0.1, -0.05) is 5.21 Å². The Morgan fingerprint density at radius 2 is 1.45 bits per heavy atom. The lowest BCUT2D eigenvalue weighted by Crippen LogP contribution is -2.60. The second-order valence-corrected chi connectivity index (χ2v) is 6.89. The van der Waals surface area contributed by atoms with E-state index in [-0.39, 0.29) is 12.3 Å². The van der Waals surface area contributed by atoms with E-state index in [2.05, 4.69) is 10.3 Å². The molecule has 1 fully saturated rings. The van der Waals surface area contributed by atoms with Crippen molar-refractivity contribution < 1.29 is 52.4 Å². The number of aromatic nitrogens is 3. The van der Waals surface area contributed by atoms with Gasteiger partial charge in [0, 0.05) is 27.7 Å². The molecule has 1 aromatic heterocycles. The number of nitrogens with zero attached hydrogens (tertiary/aromatic N) is 3. The van der Waals surface area contributed by atoms with Crippen molar-refractivity contribution in [3.63, 3.8) is 0 Å². The summed E-state index contributed by atoms with van der Waals surface area (Å²) in [6, 6.07) is 0. The molecule has 0 aromatic carbocycles. The van der Waals surface area contributed by atoms with Gasteiger partial charge >= 0.3 is 29.8 Å². The fourth-order valence-corrected chi connectivity index (χ4v) is 3.12. The number of carbonyl (C=O) groups excluding carboxylic acids is 5. The van der Waals surface area contributed by atoms with Crippen molar-refractivity contribution in [2.45, 2.75) is 65.3 Å². The summed E-state index contributed by atoms with van der Waals surface area (Å²) >= 11 is 0. The molecule has 5 atom stereocenters. The summed E-state index contributed by atoms with van der Waals surface area (Å²) in [5, 5.41) is 7.54. The summed E-state index contributed by atoms with van der Waals surface area (Å²) < 4.78 is 32.8. The number of esters is 5. The first-order chi connectivity index (χ1) is 15.5. The maximum Gasteiger partial charge on any atom is 0.360 e. The normalized spacial score (nSPS) is 24.3. The maximum atomic E-state index is 12.0. The topological polar surface area (TPSA) is 171 Å². The molecule has 0 amide bonds. The van der Waals surface area contributed by atoms with Gasteiger partial charge in [-0.3, -0.25) is 19.2 Å². The van der Waals surface area contributed by atoms with E-state index >= 15 is 0 Å². The Hall–Kier alpha value is -3.55. The van der Waals surface area contributed by atoms with Gasteiger partial charge in [0.15, 0.2) is 30.2 Å². The first-order valence-corrected chi connectivity index (χ1v) is 9.92. The first kappa shape index (κ1) is 25.7. The largest absolute Gasteiger partial charge is 0.463 e. The molecule has 0 radical (unpaired) electrons. The molecule has 2 heterocycles. The summed E-state index contributed by atoms with van der Waals surface area (Å²) in [6.07, 6.45) is -5.33. The molecule has 1 aliphatic heterocycles. The van der Waals surface area contributed by atoms with Crippen molar-refractivity contribution >= 4 is 29.8 Å². The average Bonchev–Trinajstić information content (AvgIpc) is 3.19. The van der Waals surface area contributed by atoms with Crippen LogP contribution in [0.1, 0.15) is 51.3 Å². The Labute approximate surface area is 188 Å². The minimum Gasteiger partial charge on any atom is -0.463 e. The minimum absolute atomic E-state index is 0.102. The molecule has 1 aliphatic rings. The van der Waals surface area contributed by atoms with Crippen molar-refractivity contribution in [3.05, 3.63) is 11.9 Å². The Bertz CT molecular complexity index is 899. The number of hydrogen-bond acceptors (Lipinski definition) is 13. The molecule has 1 saturated heterocycles. The summed E-state index contributed by atoms with van der Waals surface area (Å²) in [4.78, 5) is 58.7. The smallest absolute Gasteiger partial charge is 0.360 e. The lowest BCUT2D eigenvalue weighted by atomic mass is 9.97. The van der Waals surface area contributed by atoms with Gasteiger partial charge in [0.05, 0.1) is 12.8 Å². The second-order valence-electron chi connectivity index (χ2n) is 6.89. The maximum absolute atomic E-state index is 12.0. The average molecular weight is 471 g/mol. The van der Waals surface area contributed by atoms with Gasteiger partial charge in [0.1, 0.15) is 12.7 Å². The van der Waals surface area contributed by atoms with Crippen LogP contribution in [0.2, 0.25) is 0 Å². The molecular formula is C19H25N3O11. The fourth-order valence-electron chi connectivity index (χ4n) is 3.12. The zero-order valence-electron chi connectivity index (χ0n) is 18.7. The van der Waals surface area contributed by atoms with Crippen LogP contribution in [0.15, 0.2) is 6.20 Å². The molecule has 1 aromatic rings. The standard InChI is InChI=1S/C19H25N3O11/c1-6-28-19(27)13-7-22(21-20-13)18-17(32-12(5)26)16(31-11(4)25)15(30-10(3)24)14(33-18)8-29-9(2)23/h7,14-18H,6,8H2,1-5H3/t14-,15+,16+,17-,18-/m1/s1. The SMILES string of the molecule is CCOC(=O)c1cn([C@@H]2O[C@H](COC(C)=O)[C@H](OC(C)=O)[C@H](OC(C)=O)[C@H]2OC(C)=O)nn1. The highest BCUT2D eigenvalue weighted by Gasteiger charge is 2.53. The zero-order chi connectivity index (χ0) is 24.7. The molecule has 182 valence electrons. The van der Waals surface area contributed by atoms with E-state index in [0.717, 1.165) is 32.4 Å². The molecule has 0 saturated carbocycles. The van der Waals surface area contributed by atoms with E-state index in [1.54, 1.807) is 6.92 Å². The third-order valence-corrected chi connectivity index (χ3v) is 4.22. The quantitative estimate of drug-likeness (QED) is 0.358. The number of carbonyl (C=O) groups is 5. The number of ether oxygens (including phenoxy) is 6. The molecule has 0 bridgehead atoms. The van der Waals surface area contributed by atoms with Crippen molar-refractivity contribution in [3.8, 4) is 0 Å². The van der Waals surface area contributed by atoms with Crippen LogP contribution in [-0.2, 0) is 47.6 Å². The van der Waals surface area contributed by atoms with Crippen LogP contribution in [0.25, 0.3) is 0 Å².